The van der Waals surface area contributed by atoms with Gasteiger partial charge in [0.2, 0.25) is 0 Å². The number of benzene rings is 2. The van der Waals surface area contributed by atoms with Crippen molar-refractivity contribution < 1.29 is 14.3 Å². The van der Waals surface area contributed by atoms with E-state index in [0.29, 0.717) is 17.9 Å². The van der Waals surface area contributed by atoms with Crippen LogP contribution in [-0.4, -0.2) is 39.4 Å². The van der Waals surface area contributed by atoms with Crippen LogP contribution < -0.4 is 4.74 Å². The highest BCUT2D eigenvalue weighted by Crippen LogP contribution is 2.13. The van der Waals surface area contributed by atoms with Gasteiger partial charge in [-0.05, 0) is 53.2 Å². The van der Waals surface area contributed by atoms with Gasteiger partial charge >= 0.3 is 5.97 Å². The van der Waals surface area contributed by atoms with E-state index in [1.165, 1.54) is 11.0 Å². The Hall–Kier alpha value is -3.22. The molecule has 7 nitrogen and oxygen atoms in total. The number of carbonyl (C=O) groups excluding carboxylic acids is 1. The Morgan fingerprint density at radius 2 is 2.00 bits per heavy atom. The Labute approximate surface area is 138 Å². The van der Waals surface area contributed by atoms with Gasteiger partial charge in [-0.15, -0.1) is 5.10 Å². The molecule has 122 valence electrons. The number of tetrazole rings is 1. The van der Waals surface area contributed by atoms with Crippen LogP contribution in [0.5, 0.6) is 5.75 Å². The molecular weight excluding hydrogens is 308 g/mol. The van der Waals surface area contributed by atoms with Gasteiger partial charge in [-0.25, -0.2) is 9.48 Å². The molecule has 3 rings (SSSR count). The molecule has 0 saturated heterocycles. The number of rotatable bonds is 6. The van der Waals surface area contributed by atoms with Gasteiger partial charge in [-0.1, -0.05) is 18.2 Å². The van der Waals surface area contributed by atoms with Crippen LogP contribution in [-0.2, 0) is 4.74 Å². The zero-order chi connectivity index (χ0) is 16.8. The highest BCUT2D eigenvalue weighted by atomic mass is 16.6. The van der Waals surface area contributed by atoms with Crippen molar-refractivity contribution in [3.05, 3.63) is 66.0 Å². The molecule has 0 fully saturated rings. The summed E-state index contributed by atoms with van der Waals surface area (Å²) in [6.07, 6.45) is 1.46. The van der Waals surface area contributed by atoms with Crippen LogP contribution in [0.15, 0.2) is 54.9 Å². The van der Waals surface area contributed by atoms with Gasteiger partial charge in [-0.2, -0.15) is 0 Å². The third kappa shape index (κ3) is 3.95. The van der Waals surface area contributed by atoms with Crippen LogP contribution in [0, 0.1) is 6.92 Å². The summed E-state index contributed by atoms with van der Waals surface area (Å²) in [4.78, 5) is 12.1. The lowest BCUT2D eigenvalue weighted by Crippen LogP contribution is -2.12. The highest BCUT2D eigenvalue weighted by Gasteiger charge is 2.09. The first-order chi connectivity index (χ1) is 11.7. The number of ether oxygens (including phenoxy) is 2. The first kappa shape index (κ1) is 15.7. The molecule has 1 aromatic heterocycles. The fraction of sp³-hybridized carbons (Fsp3) is 0.176. The summed E-state index contributed by atoms with van der Waals surface area (Å²) in [5, 5.41) is 10.9. The Morgan fingerprint density at radius 3 is 2.79 bits per heavy atom. The molecule has 1 heterocycles. The molecule has 24 heavy (non-hydrogen) atoms. The van der Waals surface area contributed by atoms with Crippen molar-refractivity contribution >= 4 is 5.97 Å². The summed E-state index contributed by atoms with van der Waals surface area (Å²) < 4.78 is 12.2. The van der Waals surface area contributed by atoms with Crippen LogP contribution >= 0.6 is 0 Å². The Morgan fingerprint density at radius 1 is 1.12 bits per heavy atom. The average Bonchev–Trinajstić information content (AvgIpc) is 3.13. The first-order valence-corrected chi connectivity index (χ1v) is 7.42. The van der Waals surface area contributed by atoms with Crippen molar-refractivity contribution in [3.63, 3.8) is 0 Å². The molecule has 0 bridgehead atoms. The lowest BCUT2D eigenvalue weighted by Gasteiger charge is -2.08. The second kappa shape index (κ2) is 7.36. The minimum Gasteiger partial charge on any atom is -0.490 e. The predicted molar refractivity (Wildman–Crippen MR) is 86.1 cm³/mol. The third-order valence-corrected chi connectivity index (χ3v) is 3.27. The largest absolute Gasteiger partial charge is 0.490 e. The molecular formula is C17H16N4O3. The zero-order valence-corrected chi connectivity index (χ0v) is 13.1. The van der Waals surface area contributed by atoms with E-state index in [2.05, 4.69) is 15.5 Å². The Kier molecular flexibility index (Phi) is 4.81. The van der Waals surface area contributed by atoms with Gasteiger partial charge in [0, 0.05) is 0 Å². The van der Waals surface area contributed by atoms with Gasteiger partial charge < -0.3 is 9.47 Å². The van der Waals surface area contributed by atoms with E-state index in [-0.39, 0.29) is 6.61 Å². The predicted octanol–water partition coefficient (Wildman–Crippen LogP) is 2.21. The summed E-state index contributed by atoms with van der Waals surface area (Å²) in [7, 11) is 0. The summed E-state index contributed by atoms with van der Waals surface area (Å²) >= 11 is 0. The zero-order valence-electron chi connectivity index (χ0n) is 13.1. The summed E-state index contributed by atoms with van der Waals surface area (Å²) in [6, 6.07) is 14.6. The molecule has 0 radical (unpaired) electrons. The maximum Gasteiger partial charge on any atom is 0.338 e. The minimum absolute atomic E-state index is 0.169. The Bertz CT molecular complexity index is 818. The molecule has 0 N–H and O–H groups in total. The summed E-state index contributed by atoms with van der Waals surface area (Å²) in [5.74, 6) is 0.337. The molecule has 0 amide bonds. The van der Waals surface area contributed by atoms with E-state index in [1.54, 1.807) is 24.3 Å². The number of nitrogens with zero attached hydrogens (tertiary/aromatic N) is 4. The van der Waals surface area contributed by atoms with Gasteiger partial charge in [0.1, 0.15) is 25.3 Å². The molecule has 0 saturated carbocycles. The van der Waals surface area contributed by atoms with Crippen LogP contribution in [0.1, 0.15) is 15.9 Å². The average molecular weight is 324 g/mol. The maximum atomic E-state index is 12.1. The molecule has 0 atom stereocenters. The molecule has 7 heteroatoms. The van der Waals surface area contributed by atoms with E-state index in [9.17, 15) is 4.79 Å². The fourth-order valence-corrected chi connectivity index (χ4v) is 2.14. The molecule has 3 aromatic rings. The lowest BCUT2D eigenvalue weighted by atomic mass is 10.2. The molecule has 0 spiro atoms. The number of hydrogen-bond donors (Lipinski definition) is 0. The quantitative estimate of drug-likeness (QED) is 0.511. The first-order valence-electron chi connectivity index (χ1n) is 7.42. The number of hydrogen-bond acceptors (Lipinski definition) is 6. The van der Waals surface area contributed by atoms with E-state index in [1.807, 2.05) is 31.2 Å². The van der Waals surface area contributed by atoms with Gasteiger partial charge in [-0.3, -0.25) is 0 Å². The maximum absolute atomic E-state index is 12.1. The molecule has 2 aromatic carbocycles. The fourth-order valence-electron chi connectivity index (χ4n) is 2.14. The lowest BCUT2D eigenvalue weighted by molar-refractivity contribution is 0.0450. The number of aryl methyl sites for hydroxylation is 1. The van der Waals surface area contributed by atoms with Crippen molar-refractivity contribution in [2.24, 2.45) is 0 Å². The summed E-state index contributed by atoms with van der Waals surface area (Å²) in [5.41, 5.74) is 2.23. The van der Waals surface area contributed by atoms with Crippen LogP contribution in [0.4, 0.5) is 0 Å². The van der Waals surface area contributed by atoms with Crippen molar-refractivity contribution in [3.8, 4) is 11.4 Å². The van der Waals surface area contributed by atoms with E-state index in [4.69, 9.17) is 9.47 Å². The van der Waals surface area contributed by atoms with E-state index in [0.717, 1.165) is 11.3 Å². The molecule has 0 aliphatic heterocycles. The monoisotopic (exact) mass is 324 g/mol. The number of aromatic nitrogens is 4. The van der Waals surface area contributed by atoms with Crippen LogP contribution in [0.2, 0.25) is 0 Å². The van der Waals surface area contributed by atoms with Crippen molar-refractivity contribution in [1.82, 2.24) is 20.2 Å². The summed E-state index contributed by atoms with van der Waals surface area (Å²) in [6.45, 7) is 2.45. The van der Waals surface area contributed by atoms with Gasteiger partial charge in [0.05, 0.1) is 11.3 Å². The minimum atomic E-state index is -0.419. The van der Waals surface area contributed by atoms with Crippen molar-refractivity contribution in [2.75, 3.05) is 13.2 Å². The smallest absolute Gasteiger partial charge is 0.338 e. The highest BCUT2D eigenvalue weighted by molar-refractivity contribution is 5.90. The molecule has 0 unspecified atom stereocenters. The van der Waals surface area contributed by atoms with Crippen LogP contribution in [0.3, 0.4) is 0 Å². The van der Waals surface area contributed by atoms with Crippen molar-refractivity contribution in [2.45, 2.75) is 6.92 Å². The standard InChI is InChI=1S/C17H16N4O3/c1-13-4-2-7-16(10-13)23-8-9-24-17(22)14-5-3-6-15(11-14)21-12-18-19-20-21/h2-7,10-12H,8-9H2,1H3. The Balaban J connectivity index is 1.53. The van der Waals surface area contributed by atoms with Gasteiger partial charge in [0.25, 0.3) is 0 Å². The van der Waals surface area contributed by atoms with E-state index >= 15 is 0 Å². The second-order valence-electron chi connectivity index (χ2n) is 5.11. The molecule has 0 aliphatic carbocycles. The number of esters is 1. The third-order valence-electron chi connectivity index (χ3n) is 3.27. The van der Waals surface area contributed by atoms with E-state index < -0.39 is 5.97 Å². The molecule has 0 aliphatic rings. The normalized spacial score (nSPS) is 10.4. The number of carbonyl (C=O) groups is 1. The SMILES string of the molecule is Cc1cccc(OCCOC(=O)c2cccc(-n3cnnn3)c2)c1. The second-order valence-corrected chi connectivity index (χ2v) is 5.11. The van der Waals surface area contributed by atoms with Crippen LogP contribution in [0.25, 0.3) is 5.69 Å². The topological polar surface area (TPSA) is 79.1 Å². The van der Waals surface area contributed by atoms with Crippen molar-refractivity contribution in [1.29, 1.82) is 0 Å². The van der Waals surface area contributed by atoms with Gasteiger partial charge in [0.15, 0.2) is 0 Å².